The summed E-state index contributed by atoms with van der Waals surface area (Å²) in [4.78, 5) is 39.2. The van der Waals surface area contributed by atoms with Crippen LogP contribution in [0.5, 0.6) is 0 Å². The van der Waals surface area contributed by atoms with E-state index in [1.54, 1.807) is 11.6 Å². The molecular formula is C23H25N5O3. The number of hydrogen-bond acceptors (Lipinski definition) is 5. The van der Waals surface area contributed by atoms with Crippen LogP contribution in [0.25, 0.3) is 22.2 Å². The third-order valence-corrected chi connectivity index (χ3v) is 6.29. The lowest BCUT2D eigenvalue weighted by Crippen LogP contribution is -2.44. The number of piperazine rings is 1. The zero-order chi connectivity index (χ0) is 21.5. The molecule has 2 aliphatic rings. The van der Waals surface area contributed by atoms with E-state index in [-0.39, 0.29) is 18.0 Å². The van der Waals surface area contributed by atoms with Crippen molar-refractivity contribution in [3.8, 4) is 11.1 Å². The minimum Gasteiger partial charge on any atom is -0.369 e. The molecule has 3 aromatic rings. The number of nitrogens with zero attached hydrogens (tertiary/aromatic N) is 3. The molecule has 0 spiro atoms. The Morgan fingerprint density at radius 2 is 1.61 bits per heavy atom. The van der Waals surface area contributed by atoms with Gasteiger partial charge in [0.25, 0.3) is 0 Å². The quantitative estimate of drug-likeness (QED) is 0.627. The number of aryl methyl sites for hydroxylation is 1. The Morgan fingerprint density at radius 1 is 0.903 bits per heavy atom. The molecule has 1 unspecified atom stereocenters. The lowest BCUT2D eigenvalue weighted by molar-refractivity contribution is -0.135. The number of piperidine rings is 1. The highest BCUT2D eigenvalue weighted by atomic mass is 16.2. The molecule has 2 N–H and O–H groups in total. The third kappa shape index (κ3) is 3.42. The van der Waals surface area contributed by atoms with Gasteiger partial charge in [-0.1, -0.05) is 18.2 Å². The number of fused-ring (bicyclic) bond motifs is 1. The first-order valence-corrected chi connectivity index (χ1v) is 10.6. The highest BCUT2D eigenvalue weighted by Gasteiger charge is 2.31. The maximum absolute atomic E-state index is 12.9. The average molecular weight is 419 g/mol. The Kier molecular flexibility index (Phi) is 4.86. The van der Waals surface area contributed by atoms with Crippen LogP contribution in [0.1, 0.15) is 18.9 Å². The summed E-state index contributed by atoms with van der Waals surface area (Å²) >= 11 is 0. The smallest absolute Gasteiger partial charge is 0.329 e. The molecule has 160 valence electrons. The van der Waals surface area contributed by atoms with Gasteiger partial charge >= 0.3 is 5.69 Å². The van der Waals surface area contributed by atoms with E-state index in [9.17, 15) is 14.4 Å². The van der Waals surface area contributed by atoms with Gasteiger partial charge in [-0.2, -0.15) is 0 Å². The number of hydrogen-bond donors (Lipinski definition) is 2. The lowest BCUT2D eigenvalue weighted by Gasteiger charge is -2.29. The highest BCUT2D eigenvalue weighted by Crippen LogP contribution is 2.28. The van der Waals surface area contributed by atoms with E-state index in [1.165, 1.54) is 10.3 Å². The highest BCUT2D eigenvalue weighted by molar-refractivity contribution is 6.00. The summed E-state index contributed by atoms with van der Waals surface area (Å²) < 4.78 is 3.08. The zero-order valence-electron chi connectivity index (χ0n) is 17.4. The van der Waals surface area contributed by atoms with E-state index in [0.717, 1.165) is 42.8 Å². The molecule has 2 aliphatic heterocycles. The molecular weight excluding hydrogens is 394 g/mol. The predicted molar refractivity (Wildman–Crippen MR) is 119 cm³/mol. The van der Waals surface area contributed by atoms with Crippen molar-refractivity contribution in [3.63, 3.8) is 0 Å². The molecule has 31 heavy (non-hydrogen) atoms. The van der Waals surface area contributed by atoms with Gasteiger partial charge < -0.3 is 10.2 Å². The summed E-state index contributed by atoms with van der Waals surface area (Å²) in [5.74, 6) is -0.709. The molecule has 5 rings (SSSR count). The molecule has 0 radical (unpaired) electrons. The summed E-state index contributed by atoms with van der Waals surface area (Å²) in [6.45, 7) is 4.00. The van der Waals surface area contributed by atoms with Crippen molar-refractivity contribution in [2.24, 2.45) is 7.05 Å². The summed E-state index contributed by atoms with van der Waals surface area (Å²) in [5.41, 5.74) is 4.50. The summed E-state index contributed by atoms with van der Waals surface area (Å²) in [5, 5.41) is 5.71. The van der Waals surface area contributed by atoms with Gasteiger partial charge in [0.15, 0.2) is 0 Å². The number of imidazole rings is 1. The number of aromatic nitrogens is 2. The van der Waals surface area contributed by atoms with Gasteiger partial charge in [0, 0.05) is 45.3 Å². The Balaban J connectivity index is 1.49. The van der Waals surface area contributed by atoms with Crippen molar-refractivity contribution in [2.75, 3.05) is 31.1 Å². The number of carbonyl (C=O) groups excluding carboxylic acids is 2. The van der Waals surface area contributed by atoms with Crippen LogP contribution in [0.4, 0.5) is 5.69 Å². The monoisotopic (exact) mass is 419 g/mol. The second kappa shape index (κ2) is 7.70. The van der Waals surface area contributed by atoms with Crippen LogP contribution in [-0.4, -0.2) is 47.1 Å². The SMILES string of the molecule is Cn1c(=O)n(C2CCC(=O)NC2=O)c2ccc(-c3ccc(N4CCNCC4)cc3)cc21. The van der Waals surface area contributed by atoms with E-state index in [0.29, 0.717) is 11.9 Å². The molecule has 8 heteroatoms. The van der Waals surface area contributed by atoms with Crippen LogP contribution in [0.15, 0.2) is 47.3 Å². The van der Waals surface area contributed by atoms with Crippen LogP contribution in [0, 0.1) is 0 Å². The van der Waals surface area contributed by atoms with Crippen molar-refractivity contribution in [1.29, 1.82) is 0 Å². The van der Waals surface area contributed by atoms with Crippen molar-refractivity contribution < 1.29 is 9.59 Å². The zero-order valence-corrected chi connectivity index (χ0v) is 17.4. The van der Waals surface area contributed by atoms with Crippen LogP contribution >= 0.6 is 0 Å². The number of rotatable bonds is 3. The minimum absolute atomic E-state index is 0.233. The number of anilines is 1. The number of nitrogens with one attached hydrogen (secondary N) is 2. The summed E-state index contributed by atoms with van der Waals surface area (Å²) in [6.07, 6.45) is 0.565. The predicted octanol–water partition coefficient (Wildman–Crippen LogP) is 1.39. The normalized spacial score (nSPS) is 19.6. The third-order valence-electron chi connectivity index (χ3n) is 6.29. The first-order valence-electron chi connectivity index (χ1n) is 10.6. The molecule has 0 saturated carbocycles. The number of carbonyl (C=O) groups is 2. The van der Waals surface area contributed by atoms with Gasteiger partial charge in [-0.15, -0.1) is 0 Å². The van der Waals surface area contributed by atoms with Gasteiger partial charge in [0.1, 0.15) is 6.04 Å². The van der Waals surface area contributed by atoms with Crippen molar-refractivity contribution in [1.82, 2.24) is 19.8 Å². The fourth-order valence-electron chi connectivity index (χ4n) is 4.56. The molecule has 8 nitrogen and oxygen atoms in total. The standard InChI is InChI=1S/C23H25N5O3/c1-26-20-14-16(15-2-5-17(6-3-15)27-12-10-24-11-13-27)4-7-18(20)28(23(26)31)19-8-9-21(29)25-22(19)30/h2-7,14,19,24H,8-13H2,1H3,(H,25,29,30). The number of amides is 2. The molecule has 2 aromatic carbocycles. The molecule has 0 bridgehead atoms. The Bertz CT molecular complexity index is 1220. The number of imide groups is 1. The van der Waals surface area contributed by atoms with Crippen LogP contribution in [0.2, 0.25) is 0 Å². The summed E-state index contributed by atoms with van der Waals surface area (Å²) in [7, 11) is 1.71. The first-order chi connectivity index (χ1) is 15.0. The molecule has 1 aromatic heterocycles. The van der Waals surface area contributed by atoms with Crippen LogP contribution in [-0.2, 0) is 16.6 Å². The fraction of sp³-hybridized carbons (Fsp3) is 0.348. The lowest BCUT2D eigenvalue weighted by atomic mass is 10.0. The number of benzene rings is 2. The Labute approximate surface area is 179 Å². The van der Waals surface area contributed by atoms with Crippen molar-refractivity contribution >= 4 is 28.5 Å². The molecule has 0 aliphatic carbocycles. The van der Waals surface area contributed by atoms with E-state index < -0.39 is 11.9 Å². The van der Waals surface area contributed by atoms with Gasteiger partial charge in [0.2, 0.25) is 11.8 Å². The Hall–Kier alpha value is -3.39. The van der Waals surface area contributed by atoms with E-state index in [2.05, 4.69) is 39.8 Å². The second-order valence-corrected chi connectivity index (χ2v) is 8.17. The molecule has 2 fully saturated rings. The van der Waals surface area contributed by atoms with Gasteiger partial charge in [0.05, 0.1) is 11.0 Å². The van der Waals surface area contributed by atoms with Crippen molar-refractivity contribution in [3.05, 3.63) is 52.9 Å². The van der Waals surface area contributed by atoms with Crippen LogP contribution in [0.3, 0.4) is 0 Å². The maximum atomic E-state index is 12.9. The minimum atomic E-state index is -0.668. The largest absolute Gasteiger partial charge is 0.369 e. The topological polar surface area (TPSA) is 88.4 Å². The van der Waals surface area contributed by atoms with Crippen molar-refractivity contribution in [2.45, 2.75) is 18.9 Å². The van der Waals surface area contributed by atoms with E-state index >= 15 is 0 Å². The van der Waals surface area contributed by atoms with Gasteiger partial charge in [-0.3, -0.25) is 24.0 Å². The van der Waals surface area contributed by atoms with Gasteiger partial charge in [-0.05, 0) is 41.8 Å². The van der Waals surface area contributed by atoms with E-state index in [4.69, 9.17) is 0 Å². The van der Waals surface area contributed by atoms with Crippen LogP contribution < -0.4 is 21.2 Å². The van der Waals surface area contributed by atoms with E-state index in [1.807, 2.05) is 18.2 Å². The fourth-order valence-corrected chi connectivity index (χ4v) is 4.56. The van der Waals surface area contributed by atoms with Gasteiger partial charge in [-0.25, -0.2) is 4.79 Å². The maximum Gasteiger partial charge on any atom is 0.329 e. The first kappa shape index (κ1) is 19.6. The molecule has 2 amide bonds. The second-order valence-electron chi connectivity index (χ2n) is 8.17. The average Bonchev–Trinajstić information content (AvgIpc) is 3.04. The molecule has 3 heterocycles. The molecule has 1 atom stereocenters. The Morgan fingerprint density at radius 3 is 2.32 bits per heavy atom. The molecule has 2 saturated heterocycles. The summed E-state index contributed by atoms with van der Waals surface area (Å²) in [6, 6.07) is 13.7.